The highest BCUT2D eigenvalue weighted by atomic mass is 16.1. The molecule has 1 aliphatic rings. The molecule has 1 fully saturated rings. The van der Waals surface area contributed by atoms with Gasteiger partial charge in [-0.15, -0.1) is 0 Å². The molecule has 1 saturated heterocycles. The molecule has 3 heteroatoms. The maximum atomic E-state index is 11.9. The maximum absolute atomic E-state index is 11.9. The summed E-state index contributed by atoms with van der Waals surface area (Å²) < 4.78 is 0. The van der Waals surface area contributed by atoms with E-state index < -0.39 is 0 Å². The van der Waals surface area contributed by atoms with Crippen molar-refractivity contribution in [2.45, 2.75) is 47.2 Å². The summed E-state index contributed by atoms with van der Waals surface area (Å²) in [7, 11) is 0. The third-order valence-electron chi connectivity index (χ3n) is 4.48. The number of ketones is 1. The van der Waals surface area contributed by atoms with E-state index in [0.717, 1.165) is 37.3 Å². The van der Waals surface area contributed by atoms with Crippen LogP contribution in [0.3, 0.4) is 0 Å². The lowest BCUT2D eigenvalue weighted by molar-refractivity contribution is 0.101. The summed E-state index contributed by atoms with van der Waals surface area (Å²) in [5.41, 5.74) is 5.81. The van der Waals surface area contributed by atoms with Crippen molar-refractivity contribution in [1.29, 1.82) is 0 Å². The Morgan fingerprint density at radius 2 is 2.05 bits per heavy atom. The third kappa shape index (κ3) is 2.94. The van der Waals surface area contributed by atoms with Gasteiger partial charge in [-0.05, 0) is 56.9 Å². The Balaban J connectivity index is 2.36. The van der Waals surface area contributed by atoms with Crippen molar-refractivity contribution in [2.24, 2.45) is 0 Å². The predicted octanol–water partition coefficient (Wildman–Crippen LogP) is 2.61. The minimum Gasteiger partial charge on any atom is -0.314 e. The molecule has 1 N–H and O–H groups in total. The van der Waals surface area contributed by atoms with Crippen molar-refractivity contribution in [3.05, 3.63) is 33.9 Å². The Hall–Kier alpha value is -1.19. The number of carbonyl (C=O) groups excluding carboxylic acids is 1. The van der Waals surface area contributed by atoms with Gasteiger partial charge in [0.15, 0.2) is 5.78 Å². The highest BCUT2D eigenvalue weighted by Gasteiger charge is 2.21. The number of hydrogen-bond donors (Lipinski definition) is 1. The summed E-state index contributed by atoms with van der Waals surface area (Å²) in [6, 6.07) is 2.70. The van der Waals surface area contributed by atoms with Crippen molar-refractivity contribution in [1.82, 2.24) is 10.2 Å². The van der Waals surface area contributed by atoms with Crippen molar-refractivity contribution in [3.8, 4) is 0 Å². The van der Waals surface area contributed by atoms with Gasteiger partial charge in [0.25, 0.3) is 0 Å². The first-order valence-electron chi connectivity index (χ1n) is 7.47. The zero-order chi connectivity index (χ0) is 14.9. The lowest BCUT2D eigenvalue weighted by Gasteiger charge is -2.35. The molecular weight excluding hydrogens is 248 g/mol. The monoisotopic (exact) mass is 274 g/mol. The molecule has 0 aromatic heterocycles. The zero-order valence-corrected chi connectivity index (χ0v) is 13.3. The number of aryl methyl sites for hydroxylation is 2. The van der Waals surface area contributed by atoms with E-state index >= 15 is 0 Å². The van der Waals surface area contributed by atoms with Crippen LogP contribution in [0.2, 0.25) is 0 Å². The smallest absolute Gasteiger partial charge is 0.160 e. The number of carbonyl (C=O) groups is 1. The van der Waals surface area contributed by atoms with Gasteiger partial charge in [-0.25, -0.2) is 0 Å². The Bertz CT molecular complexity index is 522. The normalized spacial score (nSPS) is 20.1. The fraction of sp³-hybridized carbons (Fsp3) is 0.588. The largest absolute Gasteiger partial charge is 0.314 e. The van der Waals surface area contributed by atoms with E-state index in [9.17, 15) is 4.79 Å². The van der Waals surface area contributed by atoms with Gasteiger partial charge in [0.1, 0.15) is 0 Å². The summed E-state index contributed by atoms with van der Waals surface area (Å²) in [5.74, 6) is 0.176. The highest BCUT2D eigenvalue weighted by molar-refractivity contribution is 5.97. The van der Waals surface area contributed by atoms with E-state index in [1.807, 2.05) is 6.92 Å². The second kappa shape index (κ2) is 6.06. The molecule has 1 aromatic rings. The average Bonchev–Trinajstić information content (AvgIpc) is 2.35. The fourth-order valence-corrected chi connectivity index (χ4v) is 3.33. The molecule has 1 aromatic carbocycles. The van der Waals surface area contributed by atoms with Crippen LogP contribution in [0.15, 0.2) is 6.07 Å². The van der Waals surface area contributed by atoms with Crippen LogP contribution >= 0.6 is 0 Å². The van der Waals surface area contributed by atoms with Gasteiger partial charge in [0.2, 0.25) is 0 Å². The second-order valence-corrected chi connectivity index (χ2v) is 6.07. The second-order valence-electron chi connectivity index (χ2n) is 6.07. The minimum absolute atomic E-state index is 0.176. The Morgan fingerprint density at radius 3 is 2.65 bits per heavy atom. The van der Waals surface area contributed by atoms with Crippen molar-refractivity contribution in [2.75, 3.05) is 19.6 Å². The maximum Gasteiger partial charge on any atom is 0.160 e. The van der Waals surface area contributed by atoms with Gasteiger partial charge in [0.05, 0.1) is 0 Å². The molecule has 1 heterocycles. The van der Waals surface area contributed by atoms with Crippen molar-refractivity contribution in [3.63, 3.8) is 0 Å². The summed E-state index contributed by atoms with van der Waals surface area (Å²) in [6.45, 7) is 14.3. The minimum atomic E-state index is 0.176. The molecule has 3 nitrogen and oxygen atoms in total. The van der Waals surface area contributed by atoms with E-state index in [4.69, 9.17) is 0 Å². The Labute approximate surface area is 122 Å². The molecule has 1 atom stereocenters. The van der Waals surface area contributed by atoms with E-state index in [-0.39, 0.29) is 5.78 Å². The summed E-state index contributed by atoms with van der Waals surface area (Å²) in [6.07, 6.45) is 0. The van der Waals surface area contributed by atoms with E-state index in [0.29, 0.717) is 6.04 Å². The van der Waals surface area contributed by atoms with Gasteiger partial charge >= 0.3 is 0 Å². The highest BCUT2D eigenvalue weighted by Crippen LogP contribution is 2.25. The number of piperazine rings is 1. The Kier molecular flexibility index (Phi) is 4.61. The molecule has 0 spiro atoms. The Morgan fingerprint density at radius 1 is 1.35 bits per heavy atom. The molecular formula is C17H26N2O. The van der Waals surface area contributed by atoms with Crippen molar-refractivity contribution < 1.29 is 4.79 Å². The van der Waals surface area contributed by atoms with E-state index in [2.05, 4.69) is 37.1 Å². The summed E-state index contributed by atoms with van der Waals surface area (Å²) in [4.78, 5) is 14.4. The van der Waals surface area contributed by atoms with Gasteiger partial charge in [-0.2, -0.15) is 0 Å². The van der Waals surface area contributed by atoms with Crippen LogP contribution < -0.4 is 5.32 Å². The molecule has 0 amide bonds. The van der Waals surface area contributed by atoms with Crippen LogP contribution in [0.1, 0.15) is 46.5 Å². The molecule has 0 radical (unpaired) electrons. The number of benzene rings is 1. The molecule has 0 saturated carbocycles. The first-order valence-corrected chi connectivity index (χ1v) is 7.47. The number of nitrogens with zero attached hydrogens (tertiary/aromatic N) is 1. The van der Waals surface area contributed by atoms with Crippen LogP contribution in [-0.4, -0.2) is 36.4 Å². The topological polar surface area (TPSA) is 32.3 Å². The summed E-state index contributed by atoms with van der Waals surface area (Å²) >= 11 is 0. The molecule has 0 unspecified atom stereocenters. The van der Waals surface area contributed by atoms with Crippen LogP contribution in [0.5, 0.6) is 0 Å². The van der Waals surface area contributed by atoms with Gasteiger partial charge < -0.3 is 5.32 Å². The van der Waals surface area contributed by atoms with Crippen LogP contribution in [0, 0.1) is 20.8 Å². The molecule has 1 aliphatic heterocycles. The first kappa shape index (κ1) is 15.2. The number of nitrogens with one attached hydrogen (secondary N) is 1. The molecule has 20 heavy (non-hydrogen) atoms. The van der Waals surface area contributed by atoms with Crippen LogP contribution in [-0.2, 0) is 6.54 Å². The van der Waals surface area contributed by atoms with Crippen molar-refractivity contribution >= 4 is 5.78 Å². The zero-order valence-electron chi connectivity index (χ0n) is 13.3. The van der Waals surface area contributed by atoms with Crippen LogP contribution in [0.25, 0.3) is 0 Å². The number of Topliss-reactive ketones (excluding diaryl/α,β-unsaturated/α-hetero) is 1. The number of rotatable bonds is 3. The van der Waals surface area contributed by atoms with Gasteiger partial charge in [-0.3, -0.25) is 9.69 Å². The first-order chi connectivity index (χ1) is 9.41. The standard InChI is InChI=1S/C17H26N2O/c1-11-8-12(2)17(15(5)20)14(4)16(11)10-19-7-6-18-9-13(19)3/h8,13,18H,6-7,9-10H2,1-5H3/t13-/m0/s1. The van der Waals surface area contributed by atoms with Gasteiger partial charge in [-0.1, -0.05) is 6.07 Å². The molecule has 0 bridgehead atoms. The molecule has 110 valence electrons. The van der Waals surface area contributed by atoms with E-state index in [1.165, 1.54) is 16.7 Å². The van der Waals surface area contributed by atoms with Gasteiger partial charge in [0, 0.05) is 37.8 Å². The lowest BCUT2D eigenvalue weighted by atomic mass is 9.91. The summed E-state index contributed by atoms with van der Waals surface area (Å²) in [5, 5.41) is 3.42. The predicted molar refractivity (Wildman–Crippen MR) is 83.4 cm³/mol. The third-order valence-corrected chi connectivity index (χ3v) is 4.48. The average molecular weight is 274 g/mol. The SMILES string of the molecule is CC(=O)c1c(C)cc(C)c(CN2CCNC[C@@H]2C)c1C. The van der Waals surface area contributed by atoms with Crippen LogP contribution in [0.4, 0.5) is 0 Å². The van der Waals surface area contributed by atoms with E-state index in [1.54, 1.807) is 6.92 Å². The quantitative estimate of drug-likeness (QED) is 0.860. The molecule has 2 rings (SSSR count). The lowest BCUT2D eigenvalue weighted by Crippen LogP contribution is -2.49. The fourth-order valence-electron chi connectivity index (χ4n) is 3.33. The number of hydrogen-bond acceptors (Lipinski definition) is 3. The molecule has 0 aliphatic carbocycles.